The summed E-state index contributed by atoms with van der Waals surface area (Å²) in [6.07, 6.45) is 9.49. The molecule has 1 saturated heterocycles. The number of oxime groups is 1. The summed E-state index contributed by atoms with van der Waals surface area (Å²) in [6.45, 7) is 14.1. The van der Waals surface area contributed by atoms with Gasteiger partial charge in [-0.05, 0) is 99.8 Å². The number of allylic oxidation sites excluding steroid dienone is 1. The van der Waals surface area contributed by atoms with Crippen molar-refractivity contribution in [2.45, 2.75) is 95.5 Å². The Hall–Kier alpha value is -3.90. The van der Waals surface area contributed by atoms with E-state index < -0.39 is 17.4 Å². The molecule has 2 aliphatic carbocycles. The predicted molar refractivity (Wildman–Crippen MR) is 217 cm³/mol. The Labute approximate surface area is 333 Å². The molecule has 2 fully saturated rings. The molecular formula is C45H63N3O8. The summed E-state index contributed by atoms with van der Waals surface area (Å²) < 4.78 is 26.1. The third kappa shape index (κ3) is 9.61. The van der Waals surface area contributed by atoms with Crippen molar-refractivity contribution in [3.8, 4) is 17.2 Å². The zero-order valence-corrected chi connectivity index (χ0v) is 34.1. The van der Waals surface area contributed by atoms with Crippen molar-refractivity contribution >= 4 is 11.6 Å². The van der Waals surface area contributed by atoms with Gasteiger partial charge in [0.1, 0.15) is 35.5 Å². The molecule has 2 N–H and O–H groups in total. The van der Waals surface area contributed by atoms with Gasteiger partial charge in [-0.15, -0.1) is 6.58 Å². The van der Waals surface area contributed by atoms with Crippen molar-refractivity contribution in [1.29, 1.82) is 0 Å². The monoisotopic (exact) mass is 773 g/mol. The molecule has 6 rings (SSSR count). The Morgan fingerprint density at radius 2 is 1.84 bits per heavy atom. The molecule has 0 bridgehead atoms. The van der Waals surface area contributed by atoms with Gasteiger partial charge in [-0.25, -0.2) is 0 Å². The fourth-order valence-electron chi connectivity index (χ4n) is 8.85. The number of fused-ring (bicyclic) bond motifs is 2. The van der Waals surface area contributed by atoms with E-state index in [1.165, 1.54) is 0 Å². The molecule has 6 unspecified atom stereocenters. The number of ether oxygens (including phenoxy) is 4. The number of carbonyl (C=O) groups is 1. The molecule has 306 valence electrons. The number of unbranched alkanes of at least 4 members (excludes halogenated alkanes) is 2. The lowest BCUT2D eigenvalue weighted by Crippen LogP contribution is -2.69. The van der Waals surface area contributed by atoms with Crippen LogP contribution in [-0.4, -0.2) is 109 Å². The number of aliphatic hydroxyl groups is 2. The van der Waals surface area contributed by atoms with Crippen molar-refractivity contribution in [2.24, 2.45) is 22.9 Å². The number of aliphatic hydroxyl groups excluding tert-OH is 2. The number of carbonyl (C=O) groups excluding carboxylic acids is 1. The molecule has 2 heterocycles. The Bertz CT molecular complexity index is 1720. The molecule has 0 spiro atoms. The van der Waals surface area contributed by atoms with Crippen LogP contribution in [0.25, 0.3) is 0 Å². The van der Waals surface area contributed by atoms with E-state index in [2.05, 4.69) is 23.6 Å². The first-order valence-electron chi connectivity index (χ1n) is 20.5. The molecule has 2 aliphatic heterocycles. The van der Waals surface area contributed by atoms with Crippen LogP contribution >= 0.6 is 0 Å². The lowest BCUT2D eigenvalue weighted by molar-refractivity contribution is -0.255. The van der Waals surface area contributed by atoms with Crippen molar-refractivity contribution in [3.63, 3.8) is 0 Å². The summed E-state index contributed by atoms with van der Waals surface area (Å²) in [5.74, 6) is 0.603. The van der Waals surface area contributed by atoms with Crippen LogP contribution in [0, 0.1) is 17.8 Å². The largest absolute Gasteiger partial charge is 0.497 e. The molecule has 6 atom stereocenters. The fourth-order valence-corrected chi connectivity index (χ4v) is 8.85. The summed E-state index contributed by atoms with van der Waals surface area (Å²) >= 11 is 0. The predicted octanol–water partition coefficient (Wildman–Crippen LogP) is 6.52. The maximum atomic E-state index is 14.5. The highest BCUT2D eigenvalue weighted by Crippen LogP contribution is 2.61. The van der Waals surface area contributed by atoms with E-state index in [4.69, 9.17) is 28.9 Å². The number of amides is 1. The second-order valence-corrected chi connectivity index (χ2v) is 16.7. The van der Waals surface area contributed by atoms with E-state index in [0.29, 0.717) is 37.4 Å². The minimum Gasteiger partial charge on any atom is -0.497 e. The van der Waals surface area contributed by atoms with E-state index >= 15 is 0 Å². The maximum Gasteiger partial charge on any atom is 0.239 e. The SMILES string of the molecule is C=CCOC12Oc3ccc(OCCN4CC4)cc3C3C(CCCCO)C(CCCCO)C=C(C(=NOC(C)(C)C)CC1N(C)C(=O)Cc1cccc(OC)c1)C32. The second kappa shape index (κ2) is 18.6. The Kier molecular flexibility index (Phi) is 13.8. The minimum atomic E-state index is -1.30. The zero-order valence-electron chi connectivity index (χ0n) is 34.1. The van der Waals surface area contributed by atoms with Crippen LogP contribution in [0.15, 0.2) is 71.9 Å². The Balaban J connectivity index is 1.52. The molecular weight excluding hydrogens is 711 g/mol. The number of benzene rings is 2. The molecule has 11 nitrogen and oxygen atoms in total. The smallest absolute Gasteiger partial charge is 0.239 e. The number of hydrogen-bond acceptors (Lipinski definition) is 10. The summed E-state index contributed by atoms with van der Waals surface area (Å²) in [5, 5.41) is 24.6. The zero-order chi connectivity index (χ0) is 39.9. The number of rotatable bonds is 20. The van der Waals surface area contributed by atoms with Crippen molar-refractivity contribution in [3.05, 3.63) is 77.9 Å². The van der Waals surface area contributed by atoms with Gasteiger partial charge >= 0.3 is 0 Å². The van der Waals surface area contributed by atoms with Crippen molar-refractivity contribution in [2.75, 3.05) is 60.2 Å². The molecule has 2 aromatic rings. The van der Waals surface area contributed by atoms with Gasteiger partial charge in [-0.1, -0.05) is 42.3 Å². The lowest BCUT2D eigenvalue weighted by atomic mass is 9.55. The van der Waals surface area contributed by atoms with Crippen LogP contribution in [0.5, 0.6) is 17.2 Å². The number of likely N-dealkylation sites (N-methyl/N-ethyl adjacent to an activating group) is 1. The average molecular weight is 774 g/mol. The molecule has 1 saturated carbocycles. The average Bonchev–Trinajstić information content (AvgIpc) is 4.01. The van der Waals surface area contributed by atoms with E-state index in [1.54, 1.807) is 18.1 Å². The summed E-state index contributed by atoms with van der Waals surface area (Å²) in [7, 11) is 3.46. The van der Waals surface area contributed by atoms with Crippen LogP contribution in [0.3, 0.4) is 0 Å². The summed E-state index contributed by atoms with van der Waals surface area (Å²) in [4.78, 5) is 24.8. The number of methoxy groups -OCH3 is 1. The van der Waals surface area contributed by atoms with Crippen LogP contribution in [-0.2, 0) is 20.8 Å². The molecule has 2 aromatic carbocycles. The van der Waals surface area contributed by atoms with Crippen LogP contribution in [0.1, 0.15) is 82.8 Å². The lowest BCUT2D eigenvalue weighted by Gasteiger charge is -2.59. The third-order valence-corrected chi connectivity index (χ3v) is 11.6. The van der Waals surface area contributed by atoms with Gasteiger partial charge in [0.25, 0.3) is 0 Å². The highest BCUT2D eigenvalue weighted by molar-refractivity contribution is 6.03. The van der Waals surface area contributed by atoms with E-state index in [1.807, 2.05) is 64.2 Å². The van der Waals surface area contributed by atoms with Gasteiger partial charge < -0.3 is 38.9 Å². The van der Waals surface area contributed by atoms with Gasteiger partial charge in [0.2, 0.25) is 11.7 Å². The van der Waals surface area contributed by atoms with E-state index in [-0.39, 0.29) is 55.8 Å². The molecule has 0 radical (unpaired) electrons. The molecule has 4 aliphatic rings. The van der Waals surface area contributed by atoms with E-state index in [0.717, 1.165) is 73.5 Å². The summed E-state index contributed by atoms with van der Waals surface area (Å²) in [6, 6.07) is 13.1. The quantitative estimate of drug-likeness (QED) is 0.0671. The van der Waals surface area contributed by atoms with Crippen LogP contribution < -0.4 is 14.2 Å². The fraction of sp³-hybridized carbons (Fsp3) is 0.600. The van der Waals surface area contributed by atoms with Crippen LogP contribution in [0.4, 0.5) is 0 Å². The maximum absolute atomic E-state index is 14.5. The van der Waals surface area contributed by atoms with Crippen molar-refractivity contribution in [1.82, 2.24) is 9.80 Å². The highest BCUT2D eigenvalue weighted by atomic mass is 16.7. The van der Waals surface area contributed by atoms with Gasteiger partial charge in [0.05, 0.1) is 31.8 Å². The van der Waals surface area contributed by atoms with Gasteiger partial charge in [0.15, 0.2) is 0 Å². The van der Waals surface area contributed by atoms with Crippen LogP contribution in [0.2, 0.25) is 0 Å². The first-order chi connectivity index (χ1) is 27.0. The minimum absolute atomic E-state index is 0.0911. The molecule has 1 amide bonds. The molecule has 0 aromatic heterocycles. The number of hydrogen-bond donors (Lipinski definition) is 2. The molecule has 11 heteroatoms. The van der Waals surface area contributed by atoms with Gasteiger partial charge in [-0.3, -0.25) is 9.69 Å². The normalized spacial score (nSPS) is 26.0. The summed E-state index contributed by atoms with van der Waals surface area (Å²) in [5.41, 5.74) is 3.13. The first kappa shape index (κ1) is 41.7. The standard InChI is InChI=1S/C45H63N3O8/c1-7-24-54-45-40(47(5)41(51)27-31-13-12-15-33(26-31)52-6)30-38(46-56-44(2,3)4)36-28-32(14-8-10-22-49)35(16-9-11-23-50)42(43(36)45)37-29-34(17-18-39(37)55-45)53-25-21-48-19-20-48/h7,12-13,15,17-18,26,28-29,32,35,40,42-43,49-50H,1,8-11,14,16,19-25,27,30H2,2-6H3. The Morgan fingerprint density at radius 1 is 1.07 bits per heavy atom. The third-order valence-electron chi connectivity index (χ3n) is 11.6. The Morgan fingerprint density at radius 3 is 2.54 bits per heavy atom. The topological polar surface area (TPSA) is 122 Å². The number of nitrogens with zero attached hydrogens (tertiary/aromatic N) is 3. The van der Waals surface area contributed by atoms with Gasteiger partial charge in [-0.2, -0.15) is 0 Å². The highest BCUT2D eigenvalue weighted by Gasteiger charge is 2.65. The van der Waals surface area contributed by atoms with E-state index in [9.17, 15) is 15.0 Å². The van der Waals surface area contributed by atoms with Gasteiger partial charge in [0, 0.05) is 57.8 Å². The molecule has 56 heavy (non-hydrogen) atoms. The first-order valence-corrected chi connectivity index (χ1v) is 20.5. The second-order valence-electron chi connectivity index (χ2n) is 16.7. The van der Waals surface area contributed by atoms with Crippen molar-refractivity contribution < 1.29 is 38.8 Å².